The van der Waals surface area contributed by atoms with Crippen LogP contribution in [-0.2, 0) is 9.59 Å². The van der Waals surface area contributed by atoms with Gasteiger partial charge in [-0.2, -0.15) is 0 Å². The van der Waals surface area contributed by atoms with Gasteiger partial charge < -0.3 is 20.4 Å². The van der Waals surface area contributed by atoms with Crippen molar-refractivity contribution < 1.29 is 9.59 Å². The molecule has 1 aliphatic carbocycles. The Morgan fingerprint density at radius 1 is 1.21 bits per heavy atom. The van der Waals surface area contributed by atoms with Crippen LogP contribution >= 0.6 is 0 Å². The van der Waals surface area contributed by atoms with Crippen LogP contribution < -0.4 is 10.6 Å². The van der Waals surface area contributed by atoms with Gasteiger partial charge in [-0.05, 0) is 32.7 Å². The van der Waals surface area contributed by atoms with Gasteiger partial charge in [0.25, 0.3) is 0 Å². The molecule has 0 aromatic carbocycles. The fourth-order valence-electron chi connectivity index (χ4n) is 4.18. The van der Waals surface area contributed by atoms with Crippen molar-refractivity contribution in [1.29, 1.82) is 0 Å². The van der Waals surface area contributed by atoms with Crippen molar-refractivity contribution in [2.45, 2.75) is 63.8 Å². The lowest BCUT2D eigenvalue weighted by Gasteiger charge is -2.34. The van der Waals surface area contributed by atoms with Gasteiger partial charge in [0.15, 0.2) is 0 Å². The van der Waals surface area contributed by atoms with Gasteiger partial charge in [-0.1, -0.05) is 38.2 Å². The van der Waals surface area contributed by atoms with Crippen molar-refractivity contribution in [3.05, 3.63) is 24.3 Å². The maximum atomic E-state index is 13.4. The van der Waals surface area contributed by atoms with Crippen molar-refractivity contribution in [3.63, 3.8) is 0 Å². The van der Waals surface area contributed by atoms with Crippen LogP contribution in [0.5, 0.6) is 0 Å². The molecule has 1 saturated heterocycles. The Hall–Kier alpha value is -2.15. The van der Waals surface area contributed by atoms with E-state index in [0.717, 1.165) is 18.7 Å². The largest absolute Gasteiger partial charge is 0.353 e. The van der Waals surface area contributed by atoms with Gasteiger partial charge in [0.2, 0.25) is 11.8 Å². The molecule has 7 heteroatoms. The maximum absolute atomic E-state index is 13.4. The molecule has 0 spiro atoms. The second-order valence-electron chi connectivity index (χ2n) is 8.28. The molecule has 2 amide bonds. The molecule has 0 radical (unpaired) electrons. The van der Waals surface area contributed by atoms with E-state index in [-0.39, 0.29) is 41.9 Å². The van der Waals surface area contributed by atoms with Gasteiger partial charge in [0, 0.05) is 13.6 Å². The number of nitrogens with zero attached hydrogens (tertiary/aromatic N) is 3. The van der Waals surface area contributed by atoms with Crippen LogP contribution in [0.2, 0.25) is 0 Å². The molecule has 2 heterocycles. The first-order valence-corrected chi connectivity index (χ1v) is 10.3. The standard InChI is InChI=1S/C21H33N5O2/c1-13(2)18(24-20(27)14(3)22-4)21(28)26-12-8-11-17(26)19-23-15-9-6-7-10-16(15)25(19)5/h6-7,9-10,13-18,22H,8,11-12H2,1-5H3,(H,24,27)/t14-,15?,16?,17?,18-/m0/s1. The third kappa shape index (κ3) is 3.85. The lowest BCUT2D eigenvalue weighted by Crippen LogP contribution is -2.57. The summed E-state index contributed by atoms with van der Waals surface area (Å²) in [7, 11) is 3.80. The highest BCUT2D eigenvalue weighted by molar-refractivity contribution is 5.96. The monoisotopic (exact) mass is 387 g/mol. The zero-order chi connectivity index (χ0) is 20.4. The molecule has 3 aliphatic rings. The summed E-state index contributed by atoms with van der Waals surface area (Å²) in [5.41, 5.74) is 0. The van der Waals surface area contributed by atoms with Crippen molar-refractivity contribution in [3.8, 4) is 0 Å². The second-order valence-corrected chi connectivity index (χ2v) is 8.28. The number of carbonyl (C=O) groups excluding carboxylic acids is 2. The number of hydrogen-bond donors (Lipinski definition) is 2. The summed E-state index contributed by atoms with van der Waals surface area (Å²) in [4.78, 5) is 34.8. The van der Waals surface area contributed by atoms with E-state index >= 15 is 0 Å². The van der Waals surface area contributed by atoms with Crippen LogP contribution in [0.3, 0.4) is 0 Å². The van der Waals surface area contributed by atoms with Crippen LogP contribution in [-0.4, -0.2) is 78.3 Å². The molecule has 28 heavy (non-hydrogen) atoms. The van der Waals surface area contributed by atoms with Crippen LogP contribution in [0.15, 0.2) is 29.3 Å². The van der Waals surface area contributed by atoms with Crippen LogP contribution in [0.25, 0.3) is 0 Å². The zero-order valence-electron chi connectivity index (χ0n) is 17.6. The number of allylic oxidation sites excluding steroid dienone is 2. The first kappa shape index (κ1) is 20.6. The van der Waals surface area contributed by atoms with Crippen molar-refractivity contribution in [2.24, 2.45) is 10.9 Å². The fourth-order valence-corrected chi connectivity index (χ4v) is 4.18. The Labute approximate surface area is 167 Å². The molecule has 154 valence electrons. The number of carbonyl (C=O) groups is 2. The van der Waals surface area contributed by atoms with Gasteiger partial charge in [-0.3, -0.25) is 14.6 Å². The maximum Gasteiger partial charge on any atom is 0.246 e. The molecule has 0 aromatic rings. The lowest BCUT2D eigenvalue weighted by atomic mass is 10.0. The number of hydrogen-bond acceptors (Lipinski definition) is 5. The molecule has 3 rings (SSSR count). The Morgan fingerprint density at radius 3 is 2.57 bits per heavy atom. The number of fused-ring (bicyclic) bond motifs is 1. The lowest BCUT2D eigenvalue weighted by molar-refractivity contribution is -0.138. The van der Waals surface area contributed by atoms with Crippen molar-refractivity contribution in [2.75, 3.05) is 20.6 Å². The van der Waals surface area contributed by atoms with Gasteiger partial charge in [-0.25, -0.2) is 0 Å². The highest BCUT2D eigenvalue weighted by Gasteiger charge is 2.42. The predicted molar refractivity (Wildman–Crippen MR) is 111 cm³/mol. The van der Waals surface area contributed by atoms with E-state index in [2.05, 4.69) is 40.8 Å². The number of aliphatic imine (C=N–C) groups is 1. The molecular weight excluding hydrogens is 354 g/mol. The second kappa shape index (κ2) is 8.47. The highest BCUT2D eigenvalue weighted by atomic mass is 16.2. The fraction of sp³-hybridized carbons (Fsp3) is 0.667. The molecule has 0 saturated carbocycles. The zero-order valence-corrected chi connectivity index (χ0v) is 17.6. The average Bonchev–Trinajstić information content (AvgIpc) is 3.29. The molecule has 2 aliphatic heterocycles. The minimum absolute atomic E-state index is 0.00814. The molecule has 7 nitrogen and oxygen atoms in total. The van der Waals surface area contributed by atoms with Gasteiger partial charge >= 0.3 is 0 Å². The first-order valence-electron chi connectivity index (χ1n) is 10.3. The van der Waals surface area contributed by atoms with Gasteiger partial charge in [0.05, 0.1) is 24.2 Å². The Kier molecular flexibility index (Phi) is 6.23. The number of amidine groups is 1. The van der Waals surface area contributed by atoms with Crippen LogP contribution in [0.4, 0.5) is 0 Å². The van der Waals surface area contributed by atoms with Gasteiger partial charge in [0.1, 0.15) is 11.9 Å². The molecule has 5 atom stereocenters. The molecular formula is C21H33N5O2. The van der Waals surface area contributed by atoms with E-state index in [0.29, 0.717) is 6.54 Å². The predicted octanol–water partition coefficient (Wildman–Crippen LogP) is 0.933. The van der Waals surface area contributed by atoms with E-state index in [1.165, 1.54) is 0 Å². The molecule has 0 bridgehead atoms. The van der Waals surface area contributed by atoms with E-state index in [1.54, 1.807) is 14.0 Å². The number of likely N-dealkylation sites (N-methyl/N-ethyl adjacent to an activating group) is 2. The summed E-state index contributed by atoms with van der Waals surface area (Å²) in [5.74, 6) is 0.834. The van der Waals surface area contributed by atoms with Gasteiger partial charge in [-0.15, -0.1) is 0 Å². The summed E-state index contributed by atoms with van der Waals surface area (Å²) in [6, 6.07) is -0.534. The summed E-state index contributed by atoms with van der Waals surface area (Å²) in [6.07, 6.45) is 10.2. The number of likely N-dealkylation sites (tertiary alicyclic amines) is 1. The van der Waals surface area contributed by atoms with Crippen molar-refractivity contribution >= 4 is 17.6 Å². The van der Waals surface area contributed by atoms with E-state index in [9.17, 15) is 9.59 Å². The molecule has 1 fully saturated rings. The topological polar surface area (TPSA) is 77.0 Å². The normalized spacial score (nSPS) is 28.4. The average molecular weight is 388 g/mol. The number of nitrogens with one attached hydrogen (secondary N) is 2. The smallest absolute Gasteiger partial charge is 0.246 e. The number of rotatable bonds is 6. The van der Waals surface area contributed by atoms with E-state index in [1.807, 2.05) is 24.8 Å². The summed E-state index contributed by atoms with van der Waals surface area (Å²) >= 11 is 0. The Balaban J connectivity index is 1.77. The molecule has 2 N–H and O–H groups in total. The Morgan fingerprint density at radius 2 is 1.93 bits per heavy atom. The third-order valence-electron chi connectivity index (χ3n) is 6.06. The third-order valence-corrected chi connectivity index (χ3v) is 6.06. The minimum Gasteiger partial charge on any atom is -0.353 e. The molecule has 3 unspecified atom stereocenters. The summed E-state index contributed by atoms with van der Waals surface area (Å²) < 4.78 is 0. The quantitative estimate of drug-likeness (QED) is 0.711. The SMILES string of the molecule is CN[C@@H](C)C(=O)N[C@H](C(=O)N1CCCC1C1=NC2C=CC=CC2N1C)C(C)C. The Bertz CT molecular complexity index is 699. The van der Waals surface area contributed by atoms with E-state index < -0.39 is 6.04 Å². The molecule has 0 aromatic heterocycles. The van der Waals surface area contributed by atoms with Crippen LogP contribution in [0, 0.1) is 5.92 Å². The number of amides is 2. The van der Waals surface area contributed by atoms with Crippen LogP contribution in [0.1, 0.15) is 33.6 Å². The highest BCUT2D eigenvalue weighted by Crippen LogP contribution is 2.29. The summed E-state index contributed by atoms with van der Waals surface area (Å²) in [5, 5.41) is 5.88. The van der Waals surface area contributed by atoms with E-state index in [4.69, 9.17) is 4.99 Å². The minimum atomic E-state index is -0.529. The first-order chi connectivity index (χ1) is 13.3. The van der Waals surface area contributed by atoms with Crippen molar-refractivity contribution in [1.82, 2.24) is 20.4 Å². The summed E-state index contributed by atoms with van der Waals surface area (Å²) in [6.45, 7) is 6.45.